The number of alkyl halides is 1. The largest absolute Gasteiger partial charge is 0.494 e. The molecular formula is C15H21BrFNO2. The van der Waals surface area contributed by atoms with Crippen molar-refractivity contribution in [2.24, 2.45) is 5.41 Å². The molecule has 1 N–H and O–H groups in total. The van der Waals surface area contributed by atoms with Crippen molar-refractivity contribution in [1.82, 2.24) is 5.32 Å². The van der Waals surface area contributed by atoms with E-state index in [1.165, 1.54) is 19.2 Å². The topological polar surface area (TPSA) is 38.3 Å². The quantitative estimate of drug-likeness (QED) is 0.764. The van der Waals surface area contributed by atoms with Crippen LogP contribution in [-0.2, 0) is 0 Å². The first-order valence-electron chi connectivity index (χ1n) is 6.69. The van der Waals surface area contributed by atoms with Crippen LogP contribution in [-0.4, -0.2) is 24.9 Å². The number of methoxy groups -OCH3 is 1. The van der Waals surface area contributed by atoms with E-state index in [4.69, 9.17) is 4.74 Å². The highest BCUT2D eigenvalue weighted by Crippen LogP contribution is 2.28. The third kappa shape index (κ3) is 3.95. The lowest BCUT2D eigenvalue weighted by Crippen LogP contribution is -2.38. The van der Waals surface area contributed by atoms with Gasteiger partial charge in [0.1, 0.15) is 0 Å². The molecule has 0 fully saturated rings. The molecule has 0 heterocycles. The van der Waals surface area contributed by atoms with Crippen LogP contribution in [0.5, 0.6) is 5.75 Å². The van der Waals surface area contributed by atoms with Crippen LogP contribution in [0.1, 0.15) is 37.0 Å². The van der Waals surface area contributed by atoms with E-state index in [-0.39, 0.29) is 17.1 Å². The van der Waals surface area contributed by atoms with Gasteiger partial charge in [-0.1, -0.05) is 29.8 Å². The number of amides is 1. The van der Waals surface area contributed by atoms with Crippen molar-refractivity contribution in [1.29, 1.82) is 0 Å². The highest BCUT2D eigenvalue weighted by atomic mass is 79.9. The smallest absolute Gasteiger partial charge is 0.251 e. The average Bonchev–Trinajstić information content (AvgIpc) is 2.49. The summed E-state index contributed by atoms with van der Waals surface area (Å²) in [6, 6.07) is 4.22. The number of hydrogen-bond acceptors (Lipinski definition) is 2. The maximum absolute atomic E-state index is 13.6. The second-order valence-electron chi connectivity index (χ2n) is 4.87. The summed E-state index contributed by atoms with van der Waals surface area (Å²) in [7, 11) is 1.39. The molecule has 0 aliphatic rings. The summed E-state index contributed by atoms with van der Waals surface area (Å²) in [5.41, 5.74) is 0.347. The molecule has 0 radical (unpaired) electrons. The lowest BCUT2D eigenvalue weighted by molar-refractivity contribution is 0.0932. The predicted octanol–water partition coefficient (Wildman–Crippen LogP) is 3.77. The maximum atomic E-state index is 13.6. The van der Waals surface area contributed by atoms with Gasteiger partial charge in [0.15, 0.2) is 11.6 Å². The number of benzene rings is 1. The van der Waals surface area contributed by atoms with Gasteiger partial charge < -0.3 is 10.1 Å². The SMILES string of the molecule is CCC(CC)(CBr)CNC(=O)c1ccc(OC)c(F)c1. The molecule has 1 aromatic rings. The van der Waals surface area contributed by atoms with Crippen LogP contribution in [0.2, 0.25) is 0 Å². The zero-order valence-electron chi connectivity index (χ0n) is 12.1. The Hall–Kier alpha value is -1.10. The summed E-state index contributed by atoms with van der Waals surface area (Å²) < 4.78 is 18.4. The van der Waals surface area contributed by atoms with E-state index in [1.54, 1.807) is 6.07 Å². The minimum Gasteiger partial charge on any atom is -0.494 e. The maximum Gasteiger partial charge on any atom is 0.251 e. The van der Waals surface area contributed by atoms with Gasteiger partial charge in [-0.2, -0.15) is 0 Å². The molecule has 0 atom stereocenters. The van der Waals surface area contributed by atoms with Crippen molar-refractivity contribution >= 4 is 21.8 Å². The number of rotatable bonds is 7. The predicted molar refractivity (Wildman–Crippen MR) is 82.1 cm³/mol. The number of carbonyl (C=O) groups excluding carboxylic acids is 1. The molecule has 0 saturated heterocycles. The standard InChI is InChI=1S/C15H21BrFNO2/c1-4-15(5-2,9-16)10-18-14(19)11-6-7-13(20-3)12(17)8-11/h6-8H,4-5,9-10H2,1-3H3,(H,18,19). The molecule has 20 heavy (non-hydrogen) atoms. The van der Waals surface area contributed by atoms with Crippen LogP contribution in [0.15, 0.2) is 18.2 Å². The first-order chi connectivity index (χ1) is 9.51. The van der Waals surface area contributed by atoms with Gasteiger partial charge in [-0.15, -0.1) is 0 Å². The van der Waals surface area contributed by atoms with Crippen molar-refractivity contribution in [3.05, 3.63) is 29.6 Å². The van der Waals surface area contributed by atoms with Crippen LogP contribution < -0.4 is 10.1 Å². The summed E-state index contributed by atoms with van der Waals surface area (Å²) >= 11 is 3.50. The van der Waals surface area contributed by atoms with Crippen molar-refractivity contribution in [2.45, 2.75) is 26.7 Å². The second kappa shape index (κ2) is 7.62. The van der Waals surface area contributed by atoms with E-state index in [0.29, 0.717) is 12.1 Å². The molecule has 1 rings (SSSR count). The van der Waals surface area contributed by atoms with E-state index >= 15 is 0 Å². The number of carbonyl (C=O) groups is 1. The Morgan fingerprint density at radius 2 is 2.05 bits per heavy atom. The van der Waals surface area contributed by atoms with Crippen molar-refractivity contribution in [2.75, 3.05) is 19.0 Å². The van der Waals surface area contributed by atoms with Crippen LogP contribution >= 0.6 is 15.9 Å². The minimum atomic E-state index is -0.530. The average molecular weight is 346 g/mol. The van der Waals surface area contributed by atoms with Gasteiger partial charge >= 0.3 is 0 Å². The van der Waals surface area contributed by atoms with E-state index in [9.17, 15) is 9.18 Å². The summed E-state index contributed by atoms with van der Waals surface area (Å²) in [6.45, 7) is 4.77. The first-order valence-corrected chi connectivity index (χ1v) is 7.81. The number of halogens is 2. The second-order valence-corrected chi connectivity index (χ2v) is 5.43. The molecule has 1 aromatic carbocycles. The van der Waals surface area contributed by atoms with Crippen LogP contribution in [0.25, 0.3) is 0 Å². The Labute approximate surface area is 128 Å². The van der Waals surface area contributed by atoms with Crippen molar-refractivity contribution < 1.29 is 13.9 Å². The van der Waals surface area contributed by atoms with Gasteiger partial charge in [-0.05, 0) is 36.5 Å². The van der Waals surface area contributed by atoms with E-state index < -0.39 is 5.82 Å². The highest BCUT2D eigenvalue weighted by Gasteiger charge is 2.25. The van der Waals surface area contributed by atoms with Gasteiger partial charge in [0.25, 0.3) is 5.91 Å². The molecule has 0 unspecified atom stereocenters. The van der Waals surface area contributed by atoms with Gasteiger partial charge in [0, 0.05) is 17.4 Å². The number of nitrogens with one attached hydrogen (secondary N) is 1. The molecule has 0 aliphatic carbocycles. The summed E-state index contributed by atoms with van der Waals surface area (Å²) in [6.07, 6.45) is 1.93. The van der Waals surface area contributed by atoms with Crippen molar-refractivity contribution in [3.63, 3.8) is 0 Å². The fourth-order valence-corrected chi connectivity index (χ4v) is 2.90. The summed E-state index contributed by atoms with van der Waals surface area (Å²) in [4.78, 5) is 12.1. The lowest BCUT2D eigenvalue weighted by Gasteiger charge is -2.29. The van der Waals surface area contributed by atoms with E-state index in [2.05, 4.69) is 35.1 Å². The lowest BCUT2D eigenvalue weighted by atomic mass is 9.84. The fourth-order valence-electron chi connectivity index (χ4n) is 1.91. The summed E-state index contributed by atoms with van der Waals surface area (Å²) in [5.74, 6) is -0.657. The third-order valence-corrected chi connectivity index (χ3v) is 5.01. The van der Waals surface area contributed by atoms with E-state index in [1.807, 2.05) is 0 Å². The van der Waals surface area contributed by atoms with E-state index in [0.717, 1.165) is 18.2 Å². The van der Waals surface area contributed by atoms with Crippen LogP contribution in [0.4, 0.5) is 4.39 Å². The Kier molecular flexibility index (Phi) is 6.46. The molecular weight excluding hydrogens is 325 g/mol. The molecule has 5 heteroatoms. The molecule has 0 aromatic heterocycles. The van der Waals surface area contributed by atoms with Crippen LogP contribution in [0.3, 0.4) is 0 Å². The van der Waals surface area contributed by atoms with Crippen molar-refractivity contribution in [3.8, 4) is 5.75 Å². The monoisotopic (exact) mass is 345 g/mol. The van der Waals surface area contributed by atoms with Crippen LogP contribution in [0, 0.1) is 11.2 Å². The molecule has 1 amide bonds. The zero-order chi connectivity index (χ0) is 15.2. The van der Waals surface area contributed by atoms with Gasteiger partial charge in [0.05, 0.1) is 7.11 Å². The van der Waals surface area contributed by atoms with Gasteiger partial charge in [-0.3, -0.25) is 4.79 Å². The number of ether oxygens (including phenoxy) is 1. The molecule has 3 nitrogen and oxygen atoms in total. The molecule has 112 valence electrons. The molecule has 0 spiro atoms. The number of hydrogen-bond donors (Lipinski definition) is 1. The summed E-state index contributed by atoms with van der Waals surface area (Å²) in [5, 5.41) is 3.70. The highest BCUT2D eigenvalue weighted by molar-refractivity contribution is 9.09. The fraction of sp³-hybridized carbons (Fsp3) is 0.533. The molecule has 0 aliphatic heterocycles. The van der Waals surface area contributed by atoms with Gasteiger partial charge in [-0.25, -0.2) is 4.39 Å². The zero-order valence-corrected chi connectivity index (χ0v) is 13.7. The normalized spacial score (nSPS) is 11.2. The van der Waals surface area contributed by atoms with Gasteiger partial charge in [0.2, 0.25) is 0 Å². The Balaban J connectivity index is 2.74. The Morgan fingerprint density at radius 3 is 2.50 bits per heavy atom. The molecule has 0 bridgehead atoms. The third-order valence-electron chi connectivity index (χ3n) is 3.82. The Bertz CT molecular complexity index is 453. The first kappa shape index (κ1) is 17.0. The molecule has 0 saturated carbocycles. The minimum absolute atomic E-state index is 0.0423. The Morgan fingerprint density at radius 1 is 1.40 bits per heavy atom.